The Morgan fingerprint density at radius 1 is 1.38 bits per heavy atom. The summed E-state index contributed by atoms with van der Waals surface area (Å²) in [6.45, 7) is -0.528. The first-order valence-electron chi connectivity index (χ1n) is 5.61. The summed E-state index contributed by atoms with van der Waals surface area (Å²) in [6.07, 6.45) is 2.49. The van der Waals surface area contributed by atoms with Crippen molar-refractivity contribution in [3.8, 4) is 0 Å². The Kier molecular flexibility index (Phi) is 3.54. The first-order valence-corrected chi connectivity index (χ1v) is 5.61. The molecule has 0 amide bonds. The summed E-state index contributed by atoms with van der Waals surface area (Å²) in [4.78, 5) is 0. The summed E-state index contributed by atoms with van der Waals surface area (Å²) in [5.74, 6) is 1.37. The lowest BCUT2D eigenvalue weighted by molar-refractivity contribution is -0.173. The first kappa shape index (κ1) is 11.9. The molecular weight excluding hydrogens is 219 g/mol. The van der Waals surface area contributed by atoms with Crippen LogP contribution < -0.4 is 5.32 Å². The lowest BCUT2D eigenvalue weighted by Gasteiger charge is -2.40. The van der Waals surface area contributed by atoms with Gasteiger partial charge in [-0.15, -0.1) is 0 Å². The van der Waals surface area contributed by atoms with E-state index in [-0.39, 0.29) is 6.61 Å². The lowest BCUT2D eigenvalue weighted by atomic mass is 9.71. The van der Waals surface area contributed by atoms with Crippen molar-refractivity contribution in [3.05, 3.63) is 12.2 Å². The minimum Gasteiger partial charge on any atom is -0.371 e. The molecule has 0 radical (unpaired) electrons. The molecule has 0 saturated heterocycles. The molecule has 1 N–H and O–H groups in total. The van der Waals surface area contributed by atoms with E-state index in [0.29, 0.717) is 18.5 Å². The highest BCUT2D eigenvalue weighted by atomic mass is 19.4. The van der Waals surface area contributed by atoms with Crippen LogP contribution in [0.4, 0.5) is 13.2 Å². The molecule has 2 nitrogen and oxygen atoms in total. The normalized spacial score (nSPS) is 32.6. The van der Waals surface area contributed by atoms with E-state index in [9.17, 15) is 13.2 Å². The summed E-state index contributed by atoms with van der Waals surface area (Å²) >= 11 is 0. The molecule has 16 heavy (non-hydrogen) atoms. The van der Waals surface area contributed by atoms with Crippen molar-refractivity contribution in [3.63, 3.8) is 0 Å². The van der Waals surface area contributed by atoms with E-state index < -0.39 is 12.8 Å². The Morgan fingerprint density at radius 3 is 2.88 bits per heavy atom. The van der Waals surface area contributed by atoms with Gasteiger partial charge in [0.1, 0.15) is 6.61 Å². The van der Waals surface area contributed by atoms with E-state index in [1.165, 1.54) is 0 Å². The van der Waals surface area contributed by atoms with Gasteiger partial charge in [-0.3, -0.25) is 0 Å². The van der Waals surface area contributed by atoms with E-state index in [2.05, 4.69) is 22.2 Å². The van der Waals surface area contributed by atoms with Crippen LogP contribution >= 0.6 is 0 Å². The van der Waals surface area contributed by atoms with Crippen LogP contribution in [0, 0.1) is 11.8 Å². The molecule has 0 aliphatic heterocycles. The highest BCUT2D eigenvalue weighted by molar-refractivity contribution is 5.12. The van der Waals surface area contributed by atoms with E-state index in [1.807, 2.05) is 0 Å². The van der Waals surface area contributed by atoms with E-state index in [0.717, 1.165) is 18.8 Å². The second-order valence-corrected chi connectivity index (χ2v) is 4.47. The van der Waals surface area contributed by atoms with Crippen LogP contribution in [0.5, 0.6) is 0 Å². The zero-order valence-electron chi connectivity index (χ0n) is 8.96. The topological polar surface area (TPSA) is 21.3 Å². The average molecular weight is 235 g/mol. The van der Waals surface area contributed by atoms with Crippen molar-refractivity contribution in [2.75, 3.05) is 19.8 Å². The first-order chi connectivity index (χ1) is 7.56. The van der Waals surface area contributed by atoms with Gasteiger partial charge in [0.25, 0.3) is 0 Å². The Labute approximate surface area is 92.8 Å². The molecule has 0 spiro atoms. The third kappa shape index (κ3) is 2.98. The Morgan fingerprint density at radius 2 is 2.19 bits per heavy atom. The van der Waals surface area contributed by atoms with E-state index >= 15 is 0 Å². The van der Waals surface area contributed by atoms with Gasteiger partial charge in [0.15, 0.2) is 0 Å². The maximum Gasteiger partial charge on any atom is 0.411 e. The molecule has 5 heteroatoms. The Hall–Kier alpha value is -0.550. The molecule has 2 aliphatic carbocycles. The number of rotatable bonds is 5. The highest BCUT2D eigenvalue weighted by Crippen LogP contribution is 2.42. The van der Waals surface area contributed by atoms with Gasteiger partial charge in [-0.2, -0.15) is 13.2 Å². The monoisotopic (exact) mass is 235 g/mol. The Bertz CT molecular complexity index is 264. The largest absolute Gasteiger partial charge is 0.411 e. The number of hydrogen-bond donors (Lipinski definition) is 1. The minimum absolute atomic E-state index is 0.122. The molecule has 0 aromatic rings. The summed E-state index contributed by atoms with van der Waals surface area (Å²) in [5.41, 5.74) is 0. The summed E-state index contributed by atoms with van der Waals surface area (Å²) in [6, 6.07) is 0.443. The van der Waals surface area contributed by atoms with Crippen LogP contribution in [0.15, 0.2) is 12.2 Å². The third-order valence-corrected chi connectivity index (χ3v) is 3.28. The zero-order valence-corrected chi connectivity index (χ0v) is 8.96. The fourth-order valence-corrected chi connectivity index (χ4v) is 2.45. The molecule has 1 saturated carbocycles. The molecule has 0 aromatic heterocycles. The molecule has 3 unspecified atom stereocenters. The van der Waals surface area contributed by atoms with Gasteiger partial charge in [-0.25, -0.2) is 0 Å². The van der Waals surface area contributed by atoms with Gasteiger partial charge >= 0.3 is 6.18 Å². The molecule has 3 atom stereocenters. The second-order valence-electron chi connectivity index (χ2n) is 4.47. The summed E-state index contributed by atoms with van der Waals surface area (Å²) in [5, 5.41) is 3.23. The van der Waals surface area contributed by atoms with Crippen LogP contribution in [0.3, 0.4) is 0 Å². The Balaban J connectivity index is 1.51. The van der Waals surface area contributed by atoms with Crippen LogP contribution in [-0.4, -0.2) is 32.0 Å². The van der Waals surface area contributed by atoms with Crippen molar-refractivity contribution in [1.82, 2.24) is 5.32 Å². The number of fused-ring (bicyclic) bond motifs is 1. The van der Waals surface area contributed by atoms with Gasteiger partial charge in [0, 0.05) is 12.6 Å². The number of nitrogens with one attached hydrogen (secondary N) is 1. The van der Waals surface area contributed by atoms with Crippen LogP contribution in [0.2, 0.25) is 0 Å². The van der Waals surface area contributed by atoms with Gasteiger partial charge in [-0.1, -0.05) is 12.2 Å². The van der Waals surface area contributed by atoms with Crippen molar-refractivity contribution < 1.29 is 17.9 Å². The van der Waals surface area contributed by atoms with Crippen LogP contribution in [0.25, 0.3) is 0 Å². The minimum atomic E-state index is -4.21. The number of ether oxygens (including phenoxy) is 1. The molecule has 0 heterocycles. The SMILES string of the molecule is FC(F)(F)COCCNC1CC2CC=CC21. The van der Waals surface area contributed by atoms with Crippen LogP contribution in [0.1, 0.15) is 12.8 Å². The molecule has 0 bridgehead atoms. The third-order valence-electron chi connectivity index (χ3n) is 3.28. The van der Waals surface area contributed by atoms with Crippen molar-refractivity contribution in [2.24, 2.45) is 11.8 Å². The number of halogens is 3. The quantitative estimate of drug-likeness (QED) is 0.582. The number of hydrogen-bond acceptors (Lipinski definition) is 2. The second kappa shape index (κ2) is 4.75. The highest BCUT2D eigenvalue weighted by Gasteiger charge is 2.40. The average Bonchev–Trinajstić information content (AvgIpc) is 2.51. The van der Waals surface area contributed by atoms with Gasteiger partial charge in [-0.05, 0) is 24.7 Å². The van der Waals surface area contributed by atoms with E-state index in [1.54, 1.807) is 0 Å². The van der Waals surface area contributed by atoms with Gasteiger partial charge in [0.05, 0.1) is 6.61 Å². The lowest BCUT2D eigenvalue weighted by Crippen LogP contribution is -2.48. The standard InChI is InChI=1S/C11H16F3NO/c12-11(13,14)7-16-5-4-15-10-6-8-2-1-3-9(8)10/h1,3,8-10,15H,2,4-7H2. The molecule has 2 aliphatic rings. The van der Waals surface area contributed by atoms with Gasteiger partial charge < -0.3 is 10.1 Å². The summed E-state index contributed by atoms with van der Waals surface area (Å²) < 4.78 is 39.7. The van der Waals surface area contributed by atoms with Gasteiger partial charge in [0.2, 0.25) is 0 Å². The van der Waals surface area contributed by atoms with Crippen molar-refractivity contribution >= 4 is 0 Å². The number of alkyl halides is 3. The summed E-state index contributed by atoms with van der Waals surface area (Å²) in [7, 11) is 0. The fraction of sp³-hybridized carbons (Fsp3) is 0.818. The predicted octanol–water partition coefficient (Wildman–Crippen LogP) is 2.12. The molecule has 2 rings (SSSR count). The maximum atomic E-state index is 11.7. The molecule has 0 aromatic carbocycles. The molecular formula is C11H16F3NO. The predicted molar refractivity (Wildman–Crippen MR) is 54.0 cm³/mol. The molecule has 1 fully saturated rings. The van der Waals surface area contributed by atoms with Crippen molar-refractivity contribution in [2.45, 2.75) is 25.1 Å². The maximum absolute atomic E-state index is 11.7. The zero-order chi connectivity index (χ0) is 11.6. The van der Waals surface area contributed by atoms with Crippen molar-refractivity contribution in [1.29, 1.82) is 0 Å². The van der Waals surface area contributed by atoms with E-state index in [4.69, 9.17) is 0 Å². The fourth-order valence-electron chi connectivity index (χ4n) is 2.45. The van der Waals surface area contributed by atoms with Crippen LogP contribution in [-0.2, 0) is 4.74 Å². The smallest absolute Gasteiger partial charge is 0.371 e. The number of allylic oxidation sites excluding steroid dienone is 1. The molecule has 92 valence electrons.